The van der Waals surface area contributed by atoms with Gasteiger partial charge in [-0.1, -0.05) is 30.3 Å². The summed E-state index contributed by atoms with van der Waals surface area (Å²) in [5.74, 6) is 0.117. The first-order valence-electron chi connectivity index (χ1n) is 5.68. The highest BCUT2D eigenvalue weighted by molar-refractivity contribution is 5.86. The minimum Gasteiger partial charge on any atom is -0.477 e. The van der Waals surface area contributed by atoms with E-state index in [1.807, 2.05) is 30.3 Å². The average Bonchev–Trinajstić information content (AvgIpc) is 2.84. The monoisotopic (exact) mass is 254 g/mol. The quantitative estimate of drug-likeness (QED) is 0.754. The van der Waals surface area contributed by atoms with E-state index in [1.54, 1.807) is 11.3 Å². The molecular weight excluding hydrogens is 244 g/mol. The Labute approximate surface area is 108 Å². The first kappa shape index (κ1) is 11.3. The zero-order valence-corrected chi connectivity index (χ0v) is 10.1. The molecule has 2 aromatic heterocycles. The van der Waals surface area contributed by atoms with Crippen molar-refractivity contribution >= 4 is 11.6 Å². The molecule has 3 rings (SSSR count). The number of hydrogen-bond acceptors (Lipinski definition) is 4. The molecule has 0 spiro atoms. The predicted molar refractivity (Wildman–Crippen MR) is 67.9 cm³/mol. The lowest BCUT2D eigenvalue weighted by Crippen LogP contribution is -2.06. The van der Waals surface area contributed by atoms with Gasteiger partial charge in [0.1, 0.15) is 5.82 Å². The number of carboxylic acid groups (broad SMARTS) is 1. The Kier molecular flexibility index (Phi) is 2.49. The summed E-state index contributed by atoms with van der Waals surface area (Å²) < 4.78 is 1.74. The number of nitrogens with zero attached hydrogens (tertiary/aromatic N) is 4. The van der Waals surface area contributed by atoms with Crippen LogP contribution >= 0.6 is 0 Å². The SMILES string of the molecule is Cc1nc(C(=O)O)cc2nnc(-c3ccccc3)n12. The van der Waals surface area contributed by atoms with Gasteiger partial charge in [0.2, 0.25) is 0 Å². The summed E-state index contributed by atoms with van der Waals surface area (Å²) in [6.45, 7) is 1.73. The van der Waals surface area contributed by atoms with Gasteiger partial charge in [0, 0.05) is 11.6 Å². The number of aromatic carboxylic acids is 1. The fourth-order valence-corrected chi connectivity index (χ4v) is 1.97. The molecule has 2 heterocycles. The van der Waals surface area contributed by atoms with E-state index < -0.39 is 5.97 Å². The summed E-state index contributed by atoms with van der Waals surface area (Å²) in [4.78, 5) is 15.0. The van der Waals surface area contributed by atoms with Crippen molar-refractivity contribution in [2.75, 3.05) is 0 Å². The van der Waals surface area contributed by atoms with Gasteiger partial charge in [-0.2, -0.15) is 0 Å². The Morgan fingerprint density at radius 3 is 2.63 bits per heavy atom. The summed E-state index contributed by atoms with van der Waals surface area (Å²) in [5, 5.41) is 17.1. The molecule has 94 valence electrons. The third-order valence-corrected chi connectivity index (χ3v) is 2.81. The van der Waals surface area contributed by atoms with Gasteiger partial charge in [0.05, 0.1) is 0 Å². The van der Waals surface area contributed by atoms with Crippen molar-refractivity contribution < 1.29 is 9.90 Å². The lowest BCUT2D eigenvalue weighted by atomic mass is 10.2. The molecule has 6 nitrogen and oxygen atoms in total. The summed E-state index contributed by atoms with van der Waals surface area (Å²) >= 11 is 0. The van der Waals surface area contributed by atoms with Crippen molar-refractivity contribution in [3.05, 3.63) is 47.9 Å². The van der Waals surface area contributed by atoms with Crippen molar-refractivity contribution in [3.8, 4) is 11.4 Å². The first-order chi connectivity index (χ1) is 9.16. The molecule has 0 fully saturated rings. The van der Waals surface area contributed by atoms with Crippen LogP contribution in [0.1, 0.15) is 16.3 Å². The van der Waals surface area contributed by atoms with Crippen LogP contribution in [-0.2, 0) is 0 Å². The second-order valence-corrected chi connectivity index (χ2v) is 4.08. The second kappa shape index (κ2) is 4.16. The van der Waals surface area contributed by atoms with E-state index in [1.165, 1.54) is 6.07 Å². The third kappa shape index (κ3) is 1.83. The Hall–Kier alpha value is -2.76. The summed E-state index contributed by atoms with van der Waals surface area (Å²) in [5.41, 5.74) is 1.35. The smallest absolute Gasteiger partial charge is 0.354 e. The Balaban J connectivity index is 2.27. The van der Waals surface area contributed by atoms with E-state index in [0.717, 1.165) is 5.56 Å². The molecule has 0 saturated carbocycles. The van der Waals surface area contributed by atoms with Crippen LogP contribution in [0.2, 0.25) is 0 Å². The van der Waals surface area contributed by atoms with Crippen LogP contribution in [0.15, 0.2) is 36.4 Å². The zero-order valence-electron chi connectivity index (χ0n) is 10.1. The van der Waals surface area contributed by atoms with Gasteiger partial charge in [-0.15, -0.1) is 10.2 Å². The minimum absolute atomic E-state index is 0.0305. The highest BCUT2D eigenvalue weighted by atomic mass is 16.4. The van der Waals surface area contributed by atoms with Crippen LogP contribution in [-0.4, -0.2) is 30.7 Å². The van der Waals surface area contributed by atoms with Crippen LogP contribution in [0.3, 0.4) is 0 Å². The largest absolute Gasteiger partial charge is 0.477 e. The molecule has 0 radical (unpaired) electrons. The minimum atomic E-state index is -1.07. The third-order valence-electron chi connectivity index (χ3n) is 2.81. The number of fused-ring (bicyclic) bond motifs is 1. The zero-order chi connectivity index (χ0) is 13.4. The number of aryl methyl sites for hydroxylation is 1. The van der Waals surface area contributed by atoms with E-state index in [9.17, 15) is 4.79 Å². The lowest BCUT2D eigenvalue weighted by Gasteiger charge is -2.04. The maximum Gasteiger partial charge on any atom is 0.354 e. The molecule has 0 atom stereocenters. The van der Waals surface area contributed by atoms with Crippen molar-refractivity contribution in [1.82, 2.24) is 19.6 Å². The molecule has 0 amide bonds. The molecule has 0 bridgehead atoms. The highest BCUT2D eigenvalue weighted by Gasteiger charge is 2.14. The summed E-state index contributed by atoms with van der Waals surface area (Å²) in [7, 11) is 0. The fraction of sp³-hybridized carbons (Fsp3) is 0.0769. The van der Waals surface area contributed by atoms with E-state index in [0.29, 0.717) is 17.3 Å². The molecule has 0 aliphatic rings. The molecule has 0 aliphatic carbocycles. The maximum absolute atomic E-state index is 11.0. The number of carboxylic acids is 1. The number of rotatable bonds is 2. The van der Waals surface area contributed by atoms with Crippen LogP contribution in [0, 0.1) is 6.92 Å². The topological polar surface area (TPSA) is 80.4 Å². The van der Waals surface area contributed by atoms with Crippen LogP contribution in [0.5, 0.6) is 0 Å². The summed E-state index contributed by atoms with van der Waals surface area (Å²) in [6.07, 6.45) is 0. The van der Waals surface area contributed by atoms with Crippen molar-refractivity contribution in [2.45, 2.75) is 6.92 Å². The van der Waals surface area contributed by atoms with Gasteiger partial charge in [-0.05, 0) is 6.92 Å². The molecule has 1 aromatic carbocycles. The van der Waals surface area contributed by atoms with Crippen molar-refractivity contribution in [3.63, 3.8) is 0 Å². The van der Waals surface area contributed by atoms with E-state index in [2.05, 4.69) is 15.2 Å². The molecule has 1 N–H and O–H groups in total. The van der Waals surface area contributed by atoms with Gasteiger partial charge in [-0.25, -0.2) is 9.78 Å². The Bertz CT molecular complexity index is 765. The average molecular weight is 254 g/mol. The van der Waals surface area contributed by atoms with Crippen molar-refractivity contribution in [2.24, 2.45) is 0 Å². The number of carbonyl (C=O) groups is 1. The number of aromatic nitrogens is 4. The predicted octanol–water partition coefficient (Wildman–Crippen LogP) is 1.80. The van der Waals surface area contributed by atoms with Crippen molar-refractivity contribution in [1.29, 1.82) is 0 Å². The molecule has 0 aliphatic heterocycles. The molecule has 19 heavy (non-hydrogen) atoms. The Morgan fingerprint density at radius 1 is 1.21 bits per heavy atom. The van der Waals surface area contributed by atoms with E-state index >= 15 is 0 Å². The van der Waals surface area contributed by atoms with Crippen LogP contribution < -0.4 is 0 Å². The lowest BCUT2D eigenvalue weighted by molar-refractivity contribution is 0.0690. The van der Waals surface area contributed by atoms with Crippen LogP contribution in [0.25, 0.3) is 17.0 Å². The standard InChI is InChI=1S/C13H10N4O2/c1-8-14-10(13(18)19)7-11-15-16-12(17(8)11)9-5-3-2-4-6-9/h2-7H,1H3,(H,18,19). The fourth-order valence-electron chi connectivity index (χ4n) is 1.97. The molecule has 6 heteroatoms. The van der Waals surface area contributed by atoms with Gasteiger partial charge in [0.25, 0.3) is 0 Å². The van der Waals surface area contributed by atoms with E-state index in [-0.39, 0.29) is 5.69 Å². The molecule has 3 aromatic rings. The van der Waals surface area contributed by atoms with Gasteiger partial charge in [0.15, 0.2) is 17.2 Å². The first-order valence-corrected chi connectivity index (χ1v) is 5.68. The Morgan fingerprint density at radius 2 is 1.95 bits per heavy atom. The van der Waals surface area contributed by atoms with Gasteiger partial charge in [-0.3, -0.25) is 4.40 Å². The number of benzene rings is 1. The molecule has 0 saturated heterocycles. The number of hydrogen-bond donors (Lipinski definition) is 1. The maximum atomic E-state index is 11.0. The highest BCUT2D eigenvalue weighted by Crippen LogP contribution is 2.19. The van der Waals surface area contributed by atoms with Gasteiger partial charge >= 0.3 is 5.97 Å². The van der Waals surface area contributed by atoms with E-state index in [4.69, 9.17) is 5.11 Å². The summed E-state index contributed by atoms with van der Waals surface area (Å²) in [6, 6.07) is 11.0. The second-order valence-electron chi connectivity index (χ2n) is 4.08. The molecule has 0 unspecified atom stereocenters. The van der Waals surface area contributed by atoms with Crippen LogP contribution in [0.4, 0.5) is 0 Å². The van der Waals surface area contributed by atoms with Gasteiger partial charge < -0.3 is 5.11 Å². The molecular formula is C13H10N4O2. The normalized spacial score (nSPS) is 10.8.